The maximum absolute atomic E-state index is 14.2. The summed E-state index contributed by atoms with van der Waals surface area (Å²) >= 11 is 0. The monoisotopic (exact) mass is 580 g/mol. The van der Waals surface area contributed by atoms with E-state index in [1.165, 1.54) is 6.92 Å². The molecule has 220 valence electrons. The lowest BCUT2D eigenvalue weighted by Crippen LogP contribution is -2.69. The van der Waals surface area contributed by atoms with Crippen LogP contribution in [0.2, 0.25) is 0 Å². The van der Waals surface area contributed by atoms with Crippen molar-refractivity contribution >= 4 is 21.8 Å². The Bertz CT molecular complexity index is 1460. The molecule has 9 heteroatoms. The Morgan fingerprint density at radius 2 is 1.88 bits per heavy atom. The normalized spacial score (nSPS) is 28.3. The zero-order valence-corrected chi connectivity index (χ0v) is 25.2. The van der Waals surface area contributed by atoms with Crippen molar-refractivity contribution in [1.82, 2.24) is 9.21 Å². The largest absolute Gasteiger partial charge is 0.484 e. The van der Waals surface area contributed by atoms with Crippen LogP contribution in [-0.2, 0) is 37.2 Å². The van der Waals surface area contributed by atoms with Crippen molar-refractivity contribution in [1.29, 1.82) is 0 Å². The van der Waals surface area contributed by atoms with E-state index < -0.39 is 27.5 Å². The van der Waals surface area contributed by atoms with Gasteiger partial charge in [0.2, 0.25) is 10.0 Å². The molecular weight excluding hydrogens is 540 g/mol. The molecule has 0 unspecified atom stereocenters. The number of carbonyl (C=O) groups excluding carboxylic acids is 2. The quantitative estimate of drug-likeness (QED) is 0.326. The minimum atomic E-state index is -3.68. The van der Waals surface area contributed by atoms with Crippen molar-refractivity contribution in [2.75, 3.05) is 19.6 Å². The average Bonchev–Trinajstić information content (AvgIpc) is 3.25. The third kappa shape index (κ3) is 4.79. The van der Waals surface area contributed by atoms with E-state index >= 15 is 0 Å². The lowest BCUT2D eigenvalue weighted by Gasteiger charge is -2.60. The predicted octanol–water partition coefficient (Wildman–Crippen LogP) is 4.10. The van der Waals surface area contributed by atoms with Crippen LogP contribution >= 0.6 is 0 Å². The molecule has 2 bridgehead atoms. The Morgan fingerprint density at radius 1 is 1.12 bits per heavy atom. The van der Waals surface area contributed by atoms with E-state index in [2.05, 4.69) is 4.90 Å². The van der Waals surface area contributed by atoms with Crippen LogP contribution in [0.1, 0.15) is 63.6 Å². The maximum Gasteiger partial charge on any atom is 0.308 e. The summed E-state index contributed by atoms with van der Waals surface area (Å²) < 4.78 is 42.6. The summed E-state index contributed by atoms with van der Waals surface area (Å²) in [5.74, 6) is 1.03. The fraction of sp³-hybridized carbons (Fsp3) is 0.562. The van der Waals surface area contributed by atoms with Gasteiger partial charge in [0.05, 0.1) is 18.3 Å². The molecule has 2 aromatic rings. The third-order valence-electron chi connectivity index (χ3n) is 9.53. The molecule has 1 spiro atoms. The van der Waals surface area contributed by atoms with Crippen LogP contribution < -0.4 is 9.47 Å². The van der Waals surface area contributed by atoms with Gasteiger partial charge < -0.3 is 9.47 Å². The van der Waals surface area contributed by atoms with Gasteiger partial charge in [-0.05, 0) is 68.2 Å². The van der Waals surface area contributed by atoms with Crippen LogP contribution in [-0.4, -0.2) is 67.2 Å². The van der Waals surface area contributed by atoms with Gasteiger partial charge in [-0.15, -0.1) is 0 Å². The van der Waals surface area contributed by atoms with Gasteiger partial charge in [0.25, 0.3) is 0 Å². The molecule has 1 saturated heterocycles. The molecule has 2 aliphatic carbocycles. The van der Waals surface area contributed by atoms with E-state index in [0.29, 0.717) is 31.0 Å². The number of likely N-dealkylation sites (tertiary alicyclic amines) is 1. The highest BCUT2D eigenvalue weighted by atomic mass is 32.2. The number of carbonyl (C=O) groups is 2. The molecule has 5 atom stereocenters. The second-order valence-electron chi connectivity index (χ2n) is 12.7. The van der Waals surface area contributed by atoms with Gasteiger partial charge in [-0.2, -0.15) is 4.31 Å². The second-order valence-corrected chi connectivity index (χ2v) is 14.7. The molecule has 2 aliphatic heterocycles. The maximum atomic E-state index is 14.2. The van der Waals surface area contributed by atoms with Crippen molar-refractivity contribution in [3.8, 4) is 11.5 Å². The number of sulfonamides is 1. The number of esters is 1. The Kier molecular flexibility index (Phi) is 7.27. The first kappa shape index (κ1) is 28.4. The van der Waals surface area contributed by atoms with Crippen molar-refractivity contribution in [2.24, 2.45) is 11.8 Å². The molecule has 0 radical (unpaired) electrons. The van der Waals surface area contributed by atoms with Gasteiger partial charge in [0.1, 0.15) is 11.9 Å². The zero-order valence-electron chi connectivity index (χ0n) is 24.3. The fourth-order valence-electron chi connectivity index (χ4n) is 8.28. The van der Waals surface area contributed by atoms with E-state index in [4.69, 9.17) is 9.47 Å². The fourth-order valence-corrected chi connectivity index (χ4v) is 10.2. The summed E-state index contributed by atoms with van der Waals surface area (Å²) in [6, 6.07) is 13.0. The van der Waals surface area contributed by atoms with Crippen LogP contribution in [0.5, 0.6) is 11.5 Å². The molecule has 2 fully saturated rings. The molecule has 0 N–H and O–H groups in total. The number of Topliss-reactive ketones (excluding diaryl/α,β-unsaturated/α-hetero) is 1. The number of hydrogen-bond donors (Lipinski definition) is 0. The van der Waals surface area contributed by atoms with Crippen molar-refractivity contribution < 1.29 is 27.5 Å². The lowest BCUT2D eigenvalue weighted by molar-refractivity contribution is -0.132. The summed E-state index contributed by atoms with van der Waals surface area (Å²) in [6.07, 6.45) is 2.67. The SMILES string of the molecule is CC(=O)CN1CC[C@]23c4c5ccc(OC(C)=O)c4O[C@H]2[C@@H](N(CC(C)C)S(=O)(=O)Cc2ccccc2)CC[C@H]3[C@H]1C5. The van der Waals surface area contributed by atoms with Crippen LogP contribution in [0.15, 0.2) is 42.5 Å². The molecule has 6 rings (SSSR count). The highest BCUT2D eigenvalue weighted by molar-refractivity contribution is 7.88. The van der Waals surface area contributed by atoms with Gasteiger partial charge >= 0.3 is 5.97 Å². The van der Waals surface area contributed by atoms with Crippen molar-refractivity contribution in [3.63, 3.8) is 0 Å². The van der Waals surface area contributed by atoms with Crippen molar-refractivity contribution in [3.05, 3.63) is 59.2 Å². The second kappa shape index (κ2) is 10.5. The van der Waals surface area contributed by atoms with Crippen LogP contribution in [0.3, 0.4) is 0 Å². The standard InChI is InChI=1S/C32H40N2O6S/c1-20(2)17-34(41(37,38)19-23-8-6-5-7-9-23)26-12-11-25-27-16-24-10-13-28(39-22(4)36)30-29(24)32(25,31(26)40-30)14-15-33(27)18-21(3)35/h5-10,13,20,25-27,31H,11-12,14-19H2,1-4H3/t25-,26-,27+,31-,32-/m0/s1. The number of piperidine rings is 1. The van der Waals surface area contributed by atoms with E-state index in [1.807, 2.05) is 56.3 Å². The van der Waals surface area contributed by atoms with E-state index in [1.54, 1.807) is 11.2 Å². The number of benzene rings is 2. The van der Waals surface area contributed by atoms with Crippen LogP contribution in [0.25, 0.3) is 0 Å². The summed E-state index contributed by atoms with van der Waals surface area (Å²) in [4.78, 5) is 26.6. The van der Waals surface area contributed by atoms with Crippen molar-refractivity contribution in [2.45, 2.75) is 82.7 Å². The van der Waals surface area contributed by atoms with Gasteiger partial charge in [-0.3, -0.25) is 14.5 Å². The first-order valence-electron chi connectivity index (χ1n) is 14.8. The minimum Gasteiger partial charge on any atom is -0.484 e. The molecule has 4 aliphatic rings. The zero-order chi connectivity index (χ0) is 29.1. The van der Waals surface area contributed by atoms with E-state index in [0.717, 1.165) is 42.5 Å². The van der Waals surface area contributed by atoms with Gasteiger partial charge in [-0.25, -0.2) is 8.42 Å². The Balaban J connectivity index is 1.46. The summed E-state index contributed by atoms with van der Waals surface area (Å²) in [5, 5.41) is 0. The van der Waals surface area contributed by atoms with Crippen LogP contribution in [0.4, 0.5) is 0 Å². The van der Waals surface area contributed by atoms with Gasteiger partial charge in [0, 0.05) is 30.5 Å². The number of nitrogens with zero attached hydrogens (tertiary/aromatic N) is 2. The molecule has 2 aromatic carbocycles. The highest BCUT2D eigenvalue weighted by Crippen LogP contribution is 2.64. The smallest absolute Gasteiger partial charge is 0.308 e. The Hall–Kier alpha value is -2.75. The molecule has 0 amide bonds. The van der Waals surface area contributed by atoms with Gasteiger partial charge in [0.15, 0.2) is 11.5 Å². The molecule has 1 saturated carbocycles. The van der Waals surface area contributed by atoms with E-state index in [-0.39, 0.29) is 35.5 Å². The topological polar surface area (TPSA) is 93.2 Å². The highest BCUT2D eigenvalue weighted by Gasteiger charge is 2.67. The molecule has 41 heavy (non-hydrogen) atoms. The third-order valence-corrected chi connectivity index (χ3v) is 11.4. The molecular formula is C32H40N2O6S. The number of rotatable bonds is 9. The van der Waals surface area contributed by atoms with Gasteiger partial charge in [-0.1, -0.05) is 50.2 Å². The minimum absolute atomic E-state index is 0.0634. The average molecular weight is 581 g/mol. The number of ether oxygens (including phenoxy) is 2. The summed E-state index contributed by atoms with van der Waals surface area (Å²) in [5.41, 5.74) is 2.60. The van der Waals surface area contributed by atoms with Crippen LogP contribution in [0, 0.1) is 11.8 Å². The molecule has 0 aromatic heterocycles. The summed E-state index contributed by atoms with van der Waals surface area (Å²) in [7, 11) is -3.68. The predicted molar refractivity (Wildman–Crippen MR) is 155 cm³/mol. The lowest BCUT2D eigenvalue weighted by atomic mass is 9.51. The van der Waals surface area contributed by atoms with E-state index in [9.17, 15) is 18.0 Å². The molecule has 8 nitrogen and oxygen atoms in total. The first-order chi connectivity index (χ1) is 19.5. The first-order valence-corrected chi connectivity index (χ1v) is 16.4. The summed E-state index contributed by atoms with van der Waals surface area (Å²) in [6.45, 7) is 8.69. The Morgan fingerprint density at radius 3 is 2.56 bits per heavy atom. The number of hydrogen-bond acceptors (Lipinski definition) is 7. The number of ketones is 1. The molecule has 2 heterocycles. The Labute approximate surface area is 243 Å².